The summed E-state index contributed by atoms with van der Waals surface area (Å²) >= 11 is 0. The molecule has 0 bridgehead atoms. The van der Waals surface area contributed by atoms with E-state index in [2.05, 4.69) is 4.98 Å². The molecular weight excluding hydrogens is 210 g/mol. The highest BCUT2D eigenvalue weighted by Crippen LogP contribution is 2.07. The third-order valence-corrected chi connectivity index (χ3v) is 2.44. The minimum atomic E-state index is -0.590. The number of carbonyl (C=O) groups excluding carboxylic acids is 2. The van der Waals surface area contributed by atoms with Crippen LogP contribution in [0.1, 0.15) is 27.8 Å². The van der Waals surface area contributed by atoms with Crippen molar-refractivity contribution in [3.8, 4) is 0 Å². The summed E-state index contributed by atoms with van der Waals surface area (Å²) < 4.78 is 0. The molecule has 1 heterocycles. The van der Waals surface area contributed by atoms with Crippen LogP contribution in [0.15, 0.2) is 12.3 Å². The van der Waals surface area contributed by atoms with Gasteiger partial charge in [-0.2, -0.15) is 0 Å². The van der Waals surface area contributed by atoms with E-state index in [-0.39, 0.29) is 29.8 Å². The maximum Gasteiger partial charge on any atom is 0.270 e. The lowest BCUT2D eigenvalue weighted by Crippen LogP contribution is -2.37. The molecule has 1 aromatic rings. The number of H-pyrrole nitrogens is 1. The summed E-state index contributed by atoms with van der Waals surface area (Å²) in [5.74, 6) is -0.887. The minimum absolute atomic E-state index is 0.119. The first kappa shape index (κ1) is 12.3. The van der Waals surface area contributed by atoms with Crippen molar-refractivity contribution < 1.29 is 14.7 Å². The van der Waals surface area contributed by atoms with Crippen molar-refractivity contribution in [1.29, 1.82) is 0 Å². The van der Waals surface area contributed by atoms with Crippen LogP contribution in [0.25, 0.3) is 0 Å². The van der Waals surface area contributed by atoms with E-state index in [0.29, 0.717) is 0 Å². The van der Waals surface area contributed by atoms with Crippen LogP contribution in [0.3, 0.4) is 0 Å². The summed E-state index contributed by atoms with van der Waals surface area (Å²) in [6.45, 7) is 1.60. The van der Waals surface area contributed by atoms with Crippen molar-refractivity contribution in [1.82, 2.24) is 9.88 Å². The van der Waals surface area contributed by atoms with E-state index in [0.717, 1.165) is 0 Å². The van der Waals surface area contributed by atoms with Gasteiger partial charge in [0.05, 0.1) is 18.2 Å². The zero-order valence-corrected chi connectivity index (χ0v) is 9.23. The normalized spacial score (nSPS) is 12.2. The number of nitrogens with one attached hydrogen (secondary N) is 1. The van der Waals surface area contributed by atoms with Gasteiger partial charge in [0.2, 0.25) is 5.91 Å². The molecule has 6 nitrogen and oxygen atoms in total. The number of rotatable bonds is 4. The molecular formula is C10H15N3O3. The fraction of sp³-hybridized carbons (Fsp3) is 0.400. The van der Waals surface area contributed by atoms with Crippen LogP contribution in [0.5, 0.6) is 0 Å². The molecule has 0 aliphatic heterocycles. The lowest BCUT2D eigenvalue weighted by molar-refractivity contribution is 0.0677. The van der Waals surface area contributed by atoms with Gasteiger partial charge in [-0.25, -0.2) is 0 Å². The molecule has 0 radical (unpaired) electrons. The van der Waals surface area contributed by atoms with Crippen molar-refractivity contribution >= 4 is 11.8 Å². The predicted molar refractivity (Wildman–Crippen MR) is 58.0 cm³/mol. The smallest absolute Gasteiger partial charge is 0.270 e. The average molecular weight is 225 g/mol. The Kier molecular flexibility index (Phi) is 3.68. The van der Waals surface area contributed by atoms with Crippen molar-refractivity contribution in [2.75, 3.05) is 13.7 Å². The number of hydrogen-bond donors (Lipinski definition) is 3. The Morgan fingerprint density at radius 2 is 2.25 bits per heavy atom. The largest absolute Gasteiger partial charge is 0.394 e. The summed E-state index contributed by atoms with van der Waals surface area (Å²) in [7, 11) is 1.58. The van der Waals surface area contributed by atoms with Gasteiger partial charge in [-0.15, -0.1) is 0 Å². The maximum absolute atomic E-state index is 11.8. The summed E-state index contributed by atoms with van der Waals surface area (Å²) in [4.78, 5) is 26.7. The van der Waals surface area contributed by atoms with Crippen LogP contribution in [0.2, 0.25) is 0 Å². The Hall–Kier alpha value is -1.82. The lowest BCUT2D eigenvalue weighted by Gasteiger charge is -2.22. The minimum Gasteiger partial charge on any atom is -0.394 e. The first-order chi connectivity index (χ1) is 7.47. The van der Waals surface area contributed by atoms with Crippen LogP contribution in [0, 0.1) is 0 Å². The molecule has 0 fully saturated rings. The molecule has 0 saturated heterocycles. The Morgan fingerprint density at radius 1 is 1.62 bits per heavy atom. The van der Waals surface area contributed by atoms with Crippen molar-refractivity contribution in [2.45, 2.75) is 13.0 Å². The van der Waals surface area contributed by atoms with Gasteiger partial charge in [-0.05, 0) is 13.0 Å². The number of aromatic amines is 1. The number of likely N-dealkylation sites (N-methyl/N-ethyl adjacent to an activating group) is 1. The first-order valence-corrected chi connectivity index (χ1v) is 4.83. The number of carbonyl (C=O) groups is 2. The van der Waals surface area contributed by atoms with Gasteiger partial charge in [-0.3, -0.25) is 9.59 Å². The molecule has 0 aliphatic carbocycles. The van der Waals surface area contributed by atoms with Gasteiger partial charge < -0.3 is 20.7 Å². The number of amides is 2. The van der Waals surface area contributed by atoms with E-state index in [9.17, 15) is 9.59 Å². The van der Waals surface area contributed by atoms with Crippen molar-refractivity contribution in [3.63, 3.8) is 0 Å². The van der Waals surface area contributed by atoms with Gasteiger partial charge in [0.1, 0.15) is 5.69 Å². The zero-order valence-electron chi connectivity index (χ0n) is 9.23. The molecule has 1 unspecified atom stereocenters. The Morgan fingerprint density at radius 3 is 2.69 bits per heavy atom. The SMILES string of the molecule is CC(CO)N(C)C(=O)c1cc(C(N)=O)c[nH]1. The predicted octanol–water partition coefficient (Wildman–Crippen LogP) is -0.434. The van der Waals surface area contributed by atoms with Gasteiger partial charge in [-0.1, -0.05) is 0 Å². The summed E-state index contributed by atoms with van der Waals surface area (Å²) in [5, 5.41) is 8.92. The van der Waals surface area contributed by atoms with Crippen LogP contribution >= 0.6 is 0 Å². The number of nitrogens with two attached hydrogens (primary N) is 1. The Labute approximate surface area is 93.0 Å². The molecule has 1 rings (SSSR count). The van der Waals surface area contributed by atoms with E-state index in [1.807, 2.05) is 0 Å². The molecule has 1 atom stereocenters. The van der Waals surface area contributed by atoms with Crippen LogP contribution in [-0.2, 0) is 0 Å². The molecule has 16 heavy (non-hydrogen) atoms. The lowest BCUT2D eigenvalue weighted by atomic mass is 10.2. The summed E-state index contributed by atoms with van der Waals surface area (Å²) in [6, 6.07) is 1.11. The average Bonchev–Trinajstić information content (AvgIpc) is 2.75. The second-order valence-corrected chi connectivity index (χ2v) is 3.61. The quantitative estimate of drug-likeness (QED) is 0.648. The van der Waals surface area contributed by atoms with E-state index < -0.39 is 5.91 Å². The summed E-state index contributed by atoms with van der Waals surface area (Å²) in [6.07, 6.45) is 1.38. The Balaban J connectivity index is 2.84. The topological polar surface area (TPSA) is 99.4 Å². The van der Waals surface area contributed by atoms with Crippen LogP contribution < -0.4 is 5.73 Å². The van der Waals surface area contributed by atoms with Crippen molar-refractivity contribution in [3.05, 3.63) is 23.5 Å². The standard InChI is InChI=1S/C10H15N3O3/c1-6(5-14)13(2)10(16)8-3-7(4-12-8)9(11)15/h3-4,6,12,14H,5H2,1-2H3,(H2,11,15). The molecule has 2 amide bonds. The number of aromatic nitrogens is 1. The number of aliphatic hydroxyl groups is 1. The van der Waals surface area contributed by atoms with E-state index >= 15 is 0 Å². The number of aliphatic hydroxyl groups excluding tert-OH is 1. The van der Waals surface area contributed by atoms with E-state index in [1.165, 1.54) is 17.2 Å². The highest BCUT2D eigenvalue weighted by Gasteiger charge is 2.18. The molecule has 0 saturated carbocycles. The highest BCUT2D eigenvalue weighted by atomic mass is 16.3. The molecule has 1 aromatic heterocycles. The van der Waals surface area contributed by atoms with E-state index in [1.54, 1.807) is 14.0 Å². The van der Waals surface area contributed by atoms with Crippen molar-refractivity contribution in [2.24, 2.45) is 5.73 Å². The molecule has 6 heteroatoms. The van der Waals surface area contributed by atoms with E-state index in [4.69, 9.17) is 10.8 Å². The monoisotopic (exact) mass is 225 g/mol. The second kappa shape index (κ2) is 4.80. The molecule has 0 aromatic carbocycles. The third kappa shape index (κ3) is 2.40. The van der Waals surface area contributed by atoms with Gasteiger partial charge in [0, 0.05) is 13.2 Å². The maximum atomic E-state index is 11.8. The second-order valence-electron chi connectivity index (χ2n) is 3.61. The molecule has 0 spiro atoms. The van der Waals surface area contributed by atoms with Crippen LogP contribution in [-0.4, -0.2) is 46.5 Å². The summed E-state index contributed by atoms with van der Waals surface area (Å²) in [5.41, 5.74) is 5.60. The number of hydrogen-bond acceptors (Lipinski definition) is 3. The van der Waals surface area contributed by atoms with Gasteiger partial charge in [0.15, 0.2) is 0 Å². The van der Waals surface area contributed by atoms with Gasteiger partial charge in [0.25, 0.3) is 5.91 Å². The first-order valence-electron chi connectivity index (χ1n) is 4.83. The van der Waals surface area contributed by atoms with Crippen LogP contribution in [0.4, 0.5) is 0 Å². The fourth-order valence-electron chi connectivity index (χ4n) is 1.17. The zero-order chi connectivity index (χ0) is 12.3. The molecule has 88 valence electrons. The molecule has 0 aliphatic rings. The number of primary amides is 1. The fourth-order valence-corrected chi connectivity index (χ4v) is 1.17. The molecule has 4 N–H and O–H groups in total. The third-order valence-electron chi connectivity index (χ3n) is 2.44. The Bertz CT molecular complexity index is 400. The highest BCUT2D eigenvalue weighted by molar-refractivity contribution is 5.98. The number of nitrogens with zero attached hydrogens (tertiary/aromatic N) is 1. The van der Waals surface area contributed by atoms with Gasteiger partial charge >= 0.3 is 0 Å².